The second kappa shape index (κ2) is 4.77. The average molecular weight is 308 g/mol. The van der Waals surface area contributed by atoms with Crippen molar-refractivity contribution >= 4 is 28.6 Å². The zero-order chi connectivity index (χ0) is 10.7. The first-order valence-corrected chi connectivity index (χ1v) is 5.55. The third-order valence-electron chi connectivity index (χ3n) is 1.77. The maximum absolute atomic E-state index is 11.6. The van der Waals surface area contributed by atoms with Crippen molar-refractivity contribution in [2.45, 2.75) is 26.8 Å². The molecule has 1 aromatic heterocycles. The molecule has 0 atom stereocenters. The van der Waals surface area contributed by atoms with E-state index < -0.39 is 0 Å². The largest absolute Gasteiger partial charge is 0.461 e. The van der Waals surface area contributed by atoms with Gasteiger partial charge in [-0.3, -0.25) is 0 Å². The first-order chi connectivity index (χ1) is 6.57. The fourth-order valence-electron chi connectivity index (χ4n) is 1.12. The van der Waals surface area contributed by atoms with E-state index in [4.69, 9.17) is 4.74 Å². The minimum atomic E-state index is -0.303. The van der Waals surface area contributed by atoms with Crippen molar-refractivity contribution in [2.75, 3.05) is 6.61 Å². The lowest BCUT2D eigenvalue weighted by molar-refractivity contribution is 0.0510. The van der Waals surface area contributed by atoms with Crippen LogP contribution in [0.5, 0.6) is 0 Å². The number of rotatable bonds is 3. The van der Waals surface area contributed by atoms with Crippen LogP contribution < -0.4 is 0 Å². The van der Waals surface area contributed by atoms with Crippen LogP contribution in [0, 0.1) is 3.70 Å². The third kappa shape index (κ3) is 2.26. The standard InChI is InChI=1S/C9H13IN2O2/c1-4-14-9(13)7-8(10)11-5-12(7)6(2)3/h5-6H,4H2,1-3H3. The number of imidazole rings is 1. The highest BCUT2D eigenvalue weighted by Crippen LogP contribution is 2.16. The summed E-state index contributed by atoms with van der Waals surface area (Å²) in [6.45, 7) is 6.18. The van der Waals surface area contributed by atoms with Gasteiger partial charge in [0.05, 0.1) is 12.9 Å². The molecule has 14 heavy (non-hydrogen) atoms. The molecular weight excluding hydrogens is 295 g/mol. The number of aromatic nitrogens is 2. The minimum Gasteiger partial charge on any atom is -0.461 e. The Morgan fingerprint density at radius 1 is 1.71 bits per heavy atom. The van der Waals surface area contributed by atoms with Gasteiger partial charge in [-0.2, -0.15) is 0 Å². The Morgan fingerprint density at radius 3 is 2.86 bits per heavy atom. The van der Waals surface area contributed by atoms with Crippen molar-refractivity contribution in [1.29, 1.82) is 0 Å². The molecule has 1 rings (SSSR count). The van der Waals surface area contributed by atoms with E-state index in [1.54, 1.807) is 13.3 Å². The van der Waals surface area contributed by atoms with E-state index in [0.29, 0.717) is 16.0 Å². The number of halogens is 1. The van der Waals surface area contributed by atoms with Crippen LogP contribution in [0.1, 0.15) is 37.3 Å². The Morgan fingerprint density at radius 2 is 2.36 bits per heavy atom. The van der Waals surface area contributed by atoms with Crippen molar-refractivity contribution in [1.82, 2.24) is 9.55 Å². The number of carbonyl (C=O) groups excluding carboxylic acids is 1. The predicted molar refractivity (Wildman–Crippen MR) is 61.3 cm³/mol. The summed E-state index contributed by atoms with van der Waals surface area (Å²) in [5.41, 5.74) is 0.544. The molecule has 5 heteroatoms. The highest BCUT2D eigenvalue weighted by Gasteiger charge is 2.19. The van der Waals surface area contributed by atoms with Gasteiger partial charge in [0.1, 0.15) is 3.70 Å². The second-order valence-electron chi connectivity index (χ2n) is 3.11. The van der Waals surface area contributed by atoms with Gasteiger partial charge in [0.2, 0.25) is 0 Å². The molecule has 1 heterocycles. The zero-order valence-electron chi connectivity index (χ0n) is 8.45. The van der Waals surface area contributed by atoms with Gasteiger partial charge in [-0.25, -0.2) is 9.78 Å². The van der Waals surface area contributed by atoms with Crippen LogP contribution in [0.4, 0.5) is 0 Å². The average Bonchev–Trinajstić information content (AvgIpc) is 2.47. The summed E-state index contributed by atoms with van der Waals surface area (Å²) >= 11 is 2.04. The summed E-state index contributed by atoms with van der Waals surface area (Å²) < 4.78 is 7.46. The van der Waals surface area contributed by atoms with Gasteiger partial charge in [-0.05, 0) is 43.4 Å². The van der Waals surface area contributed by atoms with Crippen LogP contribution in [0.2, 0.25) is 0 Å². The normalized spacial score (nSPS) is 10.6. The molecule has 1 aromatic rings. The number of ether oxygens (including phenoxy) is 1. The summed E-state index contributed by atoms with van der Waals surface area (Å²) in [5, 5.41) is 0. The molecule has 0 aromatic carbocycles. The van der Waals surface area contributed by atoms with Crippen molar-refractivity contribution in [3.05, 3.63) is 15.7 Å². The Labute approximate surface area is 96.8 Å². The SMILES string of the molecule is CCOC(=O)c1c(I)ncn1C(C)C. The highest BCUT2D eigenvalue weighted by atomic mass is 127. The molecule has 0 aliphatic rings. The van der Waals surface area contributed by atoms with Crippen LogP contribution in [0.25, 0.3) is 0 Å². The van der Waals surface area contributed by atoms with Crippen molar-refractivity contribution in [3.63, 3.8) is 0 Å². The maximum Gasteiger partial charge on any atom is 0.357 e. The van der Waals surface area contributed by atoms with Crippen molar-refractivity contribution < 1.29 is 9.53 Å². The summed E-state index contributed by atoms with van der Waals surface area (Å²) in [6.07, 6.45) is 1.67. The fourth-order valence-corrected chi connectivity index (χ4v) is 1.74. The maximum atomic E-state index is 11.6. The lowest BCUT2D eigenvalue weighted by atomic mass is 10.3. The number of carbonyl (C=O) groups is 1. The number of nitrogens with zero attached hydrogens (tertiary/aromatic N) is 2. The topological polar surface area (TPSA) is 44.1 Å². The predicted octanol–water partition coefficient (Wildman–Crippen LogP) is 2.25. The van der Waals surface area contributed by atoms with Crippen molar-refractivity contribution in [3.8, 4) is 0 Å². The Kier molecular flexibility index (Phi) is 3.91. The van der Waals surface area contributed by atoms with E-state index >= 15 is 0 Å². The zero-order valence-corrected chi connectivity index (χ0v) is 10.6. The molecule has 0 saturated carbocycles. The first kappa shape index (κ1) is 11.5. The summed E-state index contributed by atoms with van der Waals surface area (Å²) in [4.78, 5) is 15.7. The molecule has 0 unspecified atom stereocenters. The van der Waals surface area contributed by atoms with E-state index in [1.165, 1.54) is 0 Å². The van der Waals surface area contributed by atoms with Gasteiger partial charge in [0, 0.05) is 6.04 Å². The molecular formula is C9H13IN2O2. The summed E-state index contributed by atoms with van der Waals surface area (Å²) in [5.74, 6) is -0.303. The van der Waals surface area contributed by atoms with Crippen LogP contribution in [-0.4, -0.2) is 22.1 Å². The van der Waals surface area contributed by atoms with E-state index in [0.717, 1.165) is 0 Å². The molecule has 0 aliphatic heterocycles. The third-order valence-corrected chi connectivity index (χ3v) is 2.56. The highest BCUT2D eigenvalue weighted by molar-refractivity contribution is 14.1. The van der Waals surface area contributed by atoms with Gasteiger partial charge < -0.3 is 9.30 Å². The van der Waals surface area contributed by atoms with Crippen molar-refractivity contribution in [2.24, 2.45) is 0 Å². The molecule has 4 nitrogen and oxygen atoms in total. The number of hydrogen-bond donors (Lipinski definition) is 0. The van der Waals surface area contributed by atoms with Crippen LogP contribution in [0.3, 0.4) is 0 Å². The van der Waals surface area contributed by atoms with Crippen LogP contribution in [-0.2, 0) is 4.74 Å². The van der Waals surface area contributed by atoms with Gasteiger partial charge in [0.25, 0.3) is 0 Å². The lowest BCUT2D eigenvalue weighted by Crippen LogP contribution is -2.14. The Balaban J connectivity index is 3.04. The smallest absolute Gasteiger partial charge is 0.357 e. The van der Waals surface area contributed by atoms with E-state index in [-0.39, 0.29) is 12.0 Å². The van der Waals surface area contributed by atoms with Gasteiger partial charge in [-0.15, -0.1) is 0 Å². The minimum absolute atomic E-state index is 0.213. The molecule has 0 fully saturated rings. The van der Waals surface area contributed by atoms with E-state index in [2.05, 4.69) is 4.98 Å². The van der Waals surface area contributed by atoms with Gasteiger partial charge >= 0.3 is 5.97 Å². The molecule has 0 bridgehead atoms. The molecule has 78 valence electrons. The first-order valence-electron chi connectivity index (χ1n) is 4.47. The molecule has 0 aliphatic carbocycles. The van der Waals surface area contributed by atoms with E-state index in [1.807, 2.05) is 41.0 Å². The van der Waals surface area contributed by atoms with Crippen LogP contribution >= 0.6 is 22.6 Å². The van der Waals surface area contributed by atoms with Gasteiger partial charge in [-0.1, -0.05) is 0 Å². The number of hydrogen-bond acceptors (Lipinski definition) is 3. The molecule has 0 spiro atoms. The quantitative estimate of drug-likeness (QED) is 0.635. The second-order valence-corrected chi connectivity index (χ2v) is 4.13. The van der Waals surface area contributed by atoms with E-state index in [9.17, 15) is 4.79 Å². The Hall–Kier alpha value is -0.590. The fraction of sp³-hybridized carbons (Fsp3) is 0.556. The number of esters is 1. The molecule has 0 amide bonds. The van der Waals surface area contributed by atoms with Gasteiger partial charge in [0.15, 0.2) is 5.69 Å². The summed E-state index contributed by atoms with van der Waals surface area (Å²) in [6, 6.07) is 0.213. The Bertz CT molecular complexity index is 334. The van der Waals surface area contributed by atoms with Crippen LogP contribution in [0.15, 0.2) is 6.33 Å². The lowest BCUT2D eigenvalue weighted by Gasteiger charge is -2.10. The molecule has 0 N–H and O–H groups in total. The molecule has 0 radical (unpaired) electrons. The monoisotopic (exact) mass is 308 g/mol. The summed E-state index contributed by atoms with van der Waals surface area (Å²) in [7, 11) is 0. The molecule has 0 saturated heterocycles.